The Morgan fingerprint density at radius 1 is 0.671 bits per heavy atom. The van der Waals surface area contributed by atoms with Crippen molar-refractivity contribution in [1.29, 1.82) is 0 Å². The van der Waals surface area contributed by atoms with Crippen LogP contribution in [0.25, 0.3) is 83.7 Å². The summed E-state index contributed by atoms with van der Waals surface area (Å²) in [6.07, 6.45) is 3.27. The van der Waals surface area contributed by atoms with Gasteiger partial charge in [0.25, 0.3) is 0 Å². The van der Waals surface area contributed by atoms with Gasteiger partial charge in [-0.05, 0) is 64.4 Å². The van der Waals surface area contributed by atoms with E-state index in [1.807, 2.05) is 24.3 Å². The van der Waals surface area contributed by atoms with E-state index >= 15 is 0 Å². The minimum absolute atomic E-state index is 0. The fraction of sp³-hybridized carbons (Fsp3) is 0.254. The van der Waals surface area contributed by atoms with E-state index in [4.69, 9.17) is 19.4 Å². The maximum absolute atomic E-state index is 6.69. The molecule has 10 rings (SSSR count). The van der Waals surface area contributed by atoms with Crippen LogP contribution >= 0.6 is 0 Å². The van der Waals surface area contributed by atoms with Gasteiger partial charge in [-0.2, -0.15) is 0 Å². The number of benzene rings is 6. The molecule has 7 heteroatoms. The maximum Gasteiger partial charge on any atom is 0 e. The van der Waals surface area contributed by atoms with Crippen molar-refractivity contribution in [2.24, 2.45) is 11.8 Å². The largest absolute Gasteiger partial charge is 0 e. The number of furan rings is 1. The van der Waals surface area contributed by atoms with Crippen LogP contribution in [0.15, 0.2) is 162 Å². The molecule has 4 heterocycles. The van der Waals surface area contributed by atoms with Crippen molar-refractivity contribution in [3.8, 4) is 50.6 Å². The van der Waals surface area contributed by atoms with Gasteiger partial charge in [-0.15, -0.1) is 18.2 Å². The van der Waals surface area contributed by atoms with Crippen LogP contribution in [0.3, 0.4) is 0 Å². The van der Waals surface area contributed by atoms with E-state index in [9.17, 15) is 0 Å². The Hall–Kier alpha value is -5.92. The van der Waals surface area contributed by atoms with Crippen molar-refractivity contribution in [1.82, 2.24) is 19.5 Å². The van der Waals surface area contributed by atoms with E-state index in [2.05, 4.69) is 223 Å². The predicted molar refractivity (Wildman–Crippen MR) is 293 cm³/mol. The molecule has 0 aliphatic heterocycles. The molecule has 0 saturated carbocycles. The van der Waals surface area contributed by atoms with Gasteiger partial charge in [0, 0.05) is 48.2 Å². The molecule has 0 bridgehead atoms. The van der Waals surface area contributed by atoms with E-state index in [1.165, 1.54) is 11.1 Å². The van der Waals surface area contributed by atoms with Gasteiger partial charge in [0.1, 0.15) is 0 Å². The summed E-state index contributed by atoms with van der Waals surface area (Å²) < 4.78 is 10.6. The molecule has 5 nitrogen and oxygen atoms in total. The summed E-state index contributed by atoms with van der Waals surface area (Å²) in [5.74, 6) is 9.56. The number of hydrogen-bond donors (Lipinski definition) is 0. The van der Waals surface area contributed by atoms with Crippen molar-refractivity contribution in [2.45, 2.75) is 90.4 Å². The number of rotatable bonds is 10. The van der Waals surface area contributed by atoms with Crippen molar-refractivity contribution in [3.05, 3.63) is 187 Å². The van der Waals surface area contributed by atoms with Crippen molar-refractivity contribution in [2.75, 3.05) is 0 Å². The average molecular weight is 1160 g/mol. The van der Waals surface area contributed by atoms with E-state index in [0.717, 1.165) is 90.1 Å². The maximum atomic E-state index is 6.69. The first kappa shape index (κ1) is 50.5. The number of para-hydroxylation sites is 2. The molecule has 4 aromatic heterocycles. The van der Waals surface area contributed by atoms with Crippen LogP contribution < -0.4 is 4.40 Å². The number of nitrogens with zero attached hydrogens (tertiary/aromatic N) is 4. The Bertz CT molecular complexity index is 3340. The standard InChI is InChI=1S/C45H40N3O.C18H24GeN.Ir/c1-28(2)29(3)38-25-24-34-33-20-15-21-35(42(33)49-44(34)47-38)43-46-39-22-13-14-23-40(39)48(43)41-36(30-16-9-7-10-17-30)26-32(45(4,5)6)27-37(41)31-18-11-8-12-19-31;1-14(2)11-16-12-18(15-9-7-6-8-10-15)20-13-17(16)19(3,4)5;/h7-20,22-29H,1-6H3;6-9,12-14H,11H2,1-5H3;/q2*-1;. The van der Waals surface area contributed by atoms with Crippen LogP contribution in [0.4, 0.5) is 0 Å². The topological polar surface area (TPSA) is 56.7 Å². The first-order chi connectivity index (χ1) is 33.1. The van der Waals surface area contributed by atoms with Crippen LogP contribution in [0, 0.1) is 24.0 Å². The van der Waals surface area contributed by atoms with Gasteiger partial charge in [-0.3, -0.25) is 4.98 Å². The number of pyridine rings is 2. The zero-order chi connectivity index (χ0) is 48.6. The Labute approximate surface area is 431 Å². The summed E-state index contributed by atoms with van der Waals surface area (Å²) in [6.45, 7) is 18.1. The Kier molecular flexibility index (Phi) is 15.0. The molecule has 0 N–H and O–H groups in total. The van der Waals surface area contributed by atoms with Crippen molar-refractivity contribution in [3.63, 3.8) is 0 Å². The molecule has 0 amide bonds. The van der Waals surface area contributed by atoms with Crippen LogP contribution in [-0.4, -0.2) is 32.8 Å². The van der Waals surface area contributed by atoms with Gasteiger partial charge < -0.3 is 8.98 Å². The number of fused-ring (bicyclic) bond motifs is 4. The second-order valence-corrected chi connectivity index (χ2v) is 31.9. The molecular formula is C63H64GeIrN4O-2. The fourth-order valence-corrected chi connectivity index (χ4v) is 12.6. The molecule has 1 atom stereocenters. The molecule has 0 aliphatic carbocycles. The zero-order valence-corrected chi connectivity index (χ0v) is 47.0. The third kappa shape index (κ3) is 10.4. The average Bonchev–Trinajstić information content (AvgIpc) is 3.92. The minimum atomic E-state index is -1.86. The van der Waals surface area contributed by atoms with Gasteiger partial charge in [0.15, 0.2) is 0 Å². The quantitative estimate of drug-likeness (QED) is 0.101. The normalized spacial score (nSPS) is 12.4. The summed E-state index contributed by atoms with van der Waals surface area (Å²) in [5, 5.41) is 2.00. The molecule has 10 aromatic rings. The summed E-state index contributed by atoms with van der Waals surface area (Å²) in [6, 6.07) is 60.1. The smallest absolute Gasteiger partial charge is 0 e. The Morgan fingerprint density at radius 2 is 1.31 bits per heavy atom. The summed E-state index contributed by atoms with van der Waals surface area (Å²) >= 11 is -1.86. The summed E-state index contributed by atoms with van der Waals surface area (Å²) in [7, 11) is 0. The molecule has 0 spiro atoms. The molecule has 6 aromatic carbocycles. The van der Waals surface area contributed by atoms with Gasteiger partial charge in [-0.1, -0.05) is 125 Å². The molecule has 70 heavy (non-hydrogen) atoms. The molecule has 0 aliphatic rings. The SMILES string of the molecule is CC(C)C(C)c1ccc2c(n1)oc1c(-c3nc4ccccc4n3-c3c(-c4ccccc4)cc(C(C)(C)C)cc3-c3ccccc3)[c-]ccc12.CC(C)Cc1cc(-c2[c-]cccc2)nc[c]1[Ge]([CH3])([CH3])[CH3].[Ir]. The summed E-state index contributed by atoms with van der Waals surface area (Å²) in [4.78, 5) is 15.1. The molecule has 0 fully saturated rings. The van der Waals surface area contributed by atoms with Gasteiger partial charge in [0.05, 0.1) is 28.1 Å². The van der Waals surface area contributed by atoms with Crippen molar-refractivity contribution >= 4 is 50.8 Å². The first-order valence-corrected chi connectivity index (χ1v) is 31.9. The zero-order valence-electron chi connectivity index (χ0n) is 42.5. The Balaban J connectivity index is 0.000000264. The third-order valence-corrected chi connectivity index (χ3v) is 17.7. The molecule has 357 valence electrons. The molecule has 0 saturated heterocycles. The van der Waals surface area contributed by atoms with E-state index < -0.39 is 13.3 Å². The second kappa shape index (κ2) is 20.8. The van der Waals surface area contributed by atoms with Crippen LogP contribution in [0.1, 0.15) is 78.1 Å². The fourth-order valence-electron chi connectivity index (χ4n) is 9.28. The first-order valence-electron chi connectivity index (χ1n) is 24.5. The van der Waals surface area contributed by atoms with E-state index in [0.29, 0.717) is 23.5 Å². The predicted octanol–water partition coefficient (Wildman–Crippen LogP) is 16.5. The molecule has 1 radical (unpaired) electrons. The number of aromatic nitrogens is 4. The second-order valence-electron chi connectivity index (χ2n) is 21.3. The van der Waals surface area contributed by atoms with Crippen LogP contribution in [0.2, 0.25) is 17.3 Å². The Morgan fingerprint density at radius 3 is 1.91 bits per heavy atom. The van der Waals surface area contributed by atoms with Crippen LogP contribution in [-0.2, 0) is 31.9 Å². The van der Waals surface area contributed by atoms with E-state index in [1.54, 1.807) is 4.40 Å². The van der Waals surface area contributed by atoms with Crippen molar-refractivity contribution < 1.29 is 24.5 Å². The third-order valence-electron chi connectivity index (χ3n) is 13.4. The minimum Gasteiger partial charge on any atom is 0 e. The molecular weight excluding hydrogens is 1090 g/mol. The van der Waals surface area contributed by atoms with Crippen LogP contribution in [0.5, 0.6) is 0 Å². The molecule has 1 unspecified atom stereocenters. The number of hydrogen-bond acceptors (Lipinski definition) is 4. The summed E-state index contributed by atoms with van der Waals surface area (Å²) in [5.41, 5.74) is 15.6. The monoisotopic (exact) mass is 1160 g/mol. The van der Waals surface area contributed by atoms with Gasteiger partial charge >= 0.3 is 126 Å². The number of imidazole rings is 1. The van der Waals surface area contributed by atoms with Gasteiger partial charge in [0.2, 0.25) is 5.71 Å². The van der Waals surface area contributed by atoms with E-state index in [-0.39, 0.29) is 25.5 Å². The van der Waals surface area contributed by atoms with Gasteiger partial charge in [-0.25, -0.2) is 4.98 Å².